The number of Topliss-reactive ketones (excluding diaryl/α,β-unsaturated/α-hetero) is 1. The summed E-state index contributed by atoms with van der Waals surface area (Å²) in [6, 6.07) is 14.1. The van der Waals surface area contributed by atoms with Crippen molar-refractivity contribution in [3.8, 4) is 0 Å². The Morgan fingerprint density at radius 2 is 1.74 bits per heavy atom. The van der Waals surface area contributed by atoms with Crippen molar-refractivity contribution in [3.05, 3.63) is 84.0 Å². The van der Waals surface area contributed by atoms with Gasteiger partial charge in [-0.1, -0.05) is 54.1 Å². The Bertz CT molecular complexity index is 1150. The molecule has 0 N–H and O–H groups in total. The molecule has 3 aliphatic rings. The quantitative estimate of drug-likeness (QED) is 0.437. The van der Waals surface area contributed by atoms with Crippen molar-refractivity contribution in [1.82, 2.24) is 4.90 Å². The summed E-state index contributed by atoms with van der Waals surface area (Å²) in [4.78, 5) is 43.7. The fourth-order valence-electron chi connectivity index (χ4n) is 5.40. The number of aryl methyl sites for hydroxylation is 1. The van der Waals surface area contributed by atoms with Crippen LogP contribution in [0.2, 0.25) is 0 Å². The number of hydrogen-bond donors (Lipinski definition) is 0. The number of amides is 2. The second kappa shape index (κ2) is 7.05. The monoisotopic (exact) mass is 412 g/mol. The summed E-state index contributed by atoms with van der Waals surface area (Å²) in [6.45, 7) is 7.91. The fraction of sp³-hybridized carbons (Fsp3) is 0.269. The minimum Gasteiger partial charge on any atom is -0.352 e. The molecule has 3 heterocycles. The number of allylic oxidation sites excluding steroid dienone is 1. The highest BCUT2D eigenvalue weighted by Crippen LogP contribution is 2.50. The van der Waals surface area contributed by atoms with Gasteiger partial charge in [0, 0.05) is 23.4 Å². The molecule has 31 heavy (non-hydrogen) atoms. The summed E-state index contributed by atoms with van der Waals surface area (Å²) in [5.41, 5.74) is 4.70. The number of rotatable bonds is 4. The number of likely N-dealkylation sites (tertiary alicyclic amines) is 1. The smallest absolute Gasteiger partial charge is 0.236 e. The molecule has 2 aromatic rings. The van der Waals surface area contributed by atoms with Crippen LogP contribution in [-0.4, -0.2) is 41.1 Å². The molecule has 0 unspecified atom stereocenters. The van der Waals surface area contributed by atoms with Crippen molar-refractivity contribution in [2.45, 2.75) is 25.9 Å². The molecule has 5 nitrogen and oxygen atoms in total. The average Bonchev–Trinajstić information content (AvgIpc) is 3.23. The summed E-state index contributed by atoms with van der Waals surface area (Å²) in [7, 11) is 0. The van der Waals surface area contributed by atoms with Gasteiger partial charge in [0.05, 0.1) is 17.9 Å². The highest BCUT2D eigenvalue weighted by molar-refractivity contribution is 6.14. The third kappa shape index (κ3) is 2.73. The second-order valence-electron chi connectivity index (χ2n) is 8.57. The van der Waals surface area contributed by atoms with Crippen LogP contribution in [0.1, 0.15) is 28.4 Å². The van der Waals surface area contributed by atoms with Crippen LogP contribution >= 0.6 is 0 Å². The molecular formula is C26H24N2O3. The van der Waals surface area contributed by atoms with Gasteiger partial charge in [0.2, 0.25) is 11.8 Å². The van der Waals surface area contributed by atoms with Crippen molar-refractivity contribution in [2.24, 2.45) is 11.8 Å². The molecule has 0 saturated carbocycles. The number of benzene rings is 2. The van der Waals surface area contributed by atoms with E-state index in [1.807, 2.05) is 49.1 Å². The van der Waals surface area contributed by atoms with E-state index in [4.69, 9.17) is 0 Å². The summed E-state index contributed by atoms with van der Waals surface area (Å²) in [5.74, 6) is -1.90. The van der Waals surface area contributed by atoms with Gasteiger partial charge in [-0.3, -0.25) is 19.3 Å². The number of imide groups is 1. The summed E-state index contributed by atoms with van der Waals surface area (Å²) in [6.07, 6.45) is 3.61. The molecule has 3 aliphatic heterocycles. The van der Waals surface area contributed by atoms with E-state index in [1.165, 1.54) is 4.90 Å². The van der Waals surface area contributed by atoms with Crippen molar-refractivity contribution < 1.29 is 14.4 Å². The van der Waals surface area contributed by atoms with E-state index in [0.29, 0.717) is 5.56 Å². The maximum atomic E-state index is 13.8. The Balaban J connectivity index is 1.70. The third-order valence-corrected chi connectivity index (χ3v) is 6.73. The minimum absolute atomic E-state index is 0.126. The number of anilines is 1. The largest absolute Gasteiger partial charge is 0.352 e. The average molecular weight is 412 g/mol. The van der Waals surface area contributed by atoms with Gasteiger partial charge >= 0.3 is 0 Å². The normalized spacial score (nSPS) is 26.3. The molecule has 2 saturated heterocycles. The molecule has 2 aromatic carbocycles. The molecule has 4 atom stereocenters. The zero-order valence-electron chi connectivity index (χ0n) is 17.6. The van der Waals surface area contributed by atoms with E-state index in [1.54, 1.807) is 18.2 Å². The Morgan fingerprint density at radius 3 is 2.45 bits per heavy atom. The first kappa shape index (κ1) is 19.5. The highest BCUT2D eigenvalue weighted by Gasteiger charge is 2.64. The Kier molecular flexibility index (Phi) is 4.43. The van der Waals surface area contributed by atoms with Crippen LogP contribution in [0.3, 0.4) is 0 Å². The first-order valence-corrected chi connectivity index (χ1v) is 10.6. The molecule has 0 bridgehead atoms. The number of carbonyl (C=O) groups excluding carboxylic acids is 3. The molecular weight excluding hydrogens is 388 g/mol. The number of hydrogen-bond acceptors (Lipinski definition) is 4. The van der Waals surface area contributed by atoms with E-state index in [2.05, 4.69) is 18.7 Å². The number of ketones is 1. The van der Waals surface area contributed by atoms with Crippen LogP contribution in [0.5, 0.6) is 0 Å². The molecule has 0 radical (unpaired) electrons. The predicted molar refractivity (Wildman–Crippen MR) is 120 cm³/mol. The van der Waals surface area contributed by atoms with Crippen molar-refractivity contribution in [3.63, 3.8) is 0 Å². The van der Waals surface area contributed by atoms with E-state index in [-0.39, 0.29) is 30.2 Å². The molecule has 2 fully saturated rings. The van der Waals surface area contributed by atoms with E-state index >= 15 is 0 Å². The zero-order valence-corrected chi connectivity index (χ0v) is 17.6. The molecule has 156 valence electrons. The Labute approximate surface area is 181 Å². The molecule has 2 amide bonds. The maximum Gasteiger partial charge on any atom is 0.236 e. The van der Waals surface area contributed by atoms with Crippen molar-refractivity contribution >= 4 is 28.9 Å². The first-order chi connectivity index (χ1) is 14.9. The molecule has 5 heteroatoms. The summed E-state index contributed by atoms with van der Waals surface area (Å²) >= 11 is 0. The van der Waals surface area contributed by atoms with Crippen LogP contribution < -0.4 is 4.90 Å². The van der Waals surface area contributed by atoms with Gasteiger partial charge in [-0.2, -0.15) is 0 Å². The number of fused-ring (bicyclic) bond motifs is 5. The van der Waals surface area contributed by atoms with Crippen LogP contribution in [0, 0.1) is 18.8 Å². The summed E-state index contributed by atoms with van der Waals surface area (Å²) in [5, 5.41) is 0. The Hall–Kier alpha value is -3.47. The lowest BCUT2D eigenvalue weighted by atomic mass is 9.85. The first-order valence-electron chi connectivity index (χ1n) is 10.6. The zero-order chi connectivity index (χ0) is 21.9. The van der Waals surface area contributed by atoms with E-state index < -0.39 is 17.9 Å². The van der Waals surface area contributed by atoms with Crippen molar-refractivity contribution in [2.75, 3.05) is 11.4 Å². The standard InChI is InChI=1S/C26H24N2O3/c1-4-12-27-25(30)21-20-14-16(3)18-13-15(2)10-11-19(18)28(20)23(22(21)26(27)31)24(29)17-8-6-5-7-9-17/h4-11,13-14,20-23H,1,12H2,2-3H3/t20-,21+,22-,23-/m0/s1. The lowest BCUT2D eigenvalue weighted by Crippen LogP contribution is -2.49. The second-order valence-corrected chi connectivity index (χ2v) is 8.57. The highest BCUT2D eigenvalue weighted by atomic mass is 16.2. The predicted octanol–water partition coefficient (Wildman–Crippen LogP) is 3.64. The third-order valence-electron chi connectivity index (χ3n) is 6.73. The van der Waals surface area contributed by atoms with E-state index in [9.17, 15) is 14.4 Å². The van der Waals surface area contributed by atoms with Crippen LogP contribution in [0.4, 0.5) is 5.69 Å². The van der Waals surface area contributed by atoms with Gasteiger partial charge in [0.1, 0.15) is 6.04 Å². The lowest BCUT2D eigenvalue weighted by molar-refractivity contribution is -0.139. The van der Waals surface area contributed by atoms with Crippen LogP contribution in [0.15, 0.2) is 67.3 Å². The minimum atomic E-state index is -0.727. The Morgan fingerprint density at radius 1 is 1.03 bits per heavy atom. The molecule has 5 rings (SSSR count). The molecule has 0 aromatic heterocycles. The molecule has 0 aliphatic carbocycles. The topological polar surface area (TPSA) is 57.7 Å². The van der Waals surface area contributed by atoms with Gasteiger partial charge in [0.25, 0.3) is 0 Å². The van der Waals surface area contributed by atoms with Gasteiger partial charge in [-0.15, -0.1) is 6.58 Å². The molecule has 0 spiro atoms. The number of carbonyl (C=O) groups is 3. The fourth-order valence-corrected chi connectivity index (χ4v) is 5.40. The lowest BCUT2D eigenvalue weighted by Gasteiger charge is -2.38. The SMILES string of the molecule is C=CCN1C(=O)[C@H]2[C@H](C1=O)[C@@H]1C=C(C)c3cc(C)ccc3N1[C@@H]2C(=O)c1ccccc1. The summed E-state index contributed by atoms with van der Waals surface area (Å²) < 4.78 is 0. The van der Waals surface area contributed by atoms with Gasteiger partial charge in [-0.25, -0.2) is 0 Å². The van der Waals surface area contributed by atoms with Gasteiger partial charge in [0.15, 0.2) is 5.78 Å². The number of nitrogens with zero attached hydrogens (tertiary/aromatic N) is 2. The maximum absolute atomic E-state index is 13.8. The van der Waals surface area contributed by atoms with Crippen molar-refractivity contribution in [1.29, 1.82) is 0 Å². The van der Waals surface area contributed by atoms with Crippen LogP contribution in [-0.2, 0) is 9.59 Å². The van der Waals surface area contributed by atoms with Crippen LogP contribution in [0.25, 0.3) is 5.57 Å². The van der Waals surface area contributed by atoms with Gasteiger partial charge < -0.3 is 4.90 Å². The van der Waals surface area contributed by atoms with E-state index in [0.717, 1.165) is 22.4 Å². The van der Waals surface area contributed by atoms with Gasteiger partial charge in [-0.05, 0) is 31.6 Å².